The number of hydrogen-bond acceptors (Lipinski definition) is 3. The van der Waals surface area contributed by atoms with Crippen LogP contribution < -0.4 is 5.43 Å². The van der Waals surface area contributed by atoms with Gasteiger partial charge in [-0.2, -0.15) is 5.26 Å². The fourth-order valence-electron chi connectivity index (χ4n) is 1.40. The van der Waals surface area contributed by atoms with E-state index in [1.807, 2.05) is 6.07 Å². The summed E-state index contributed by atoms with van der Waals surface area (Å²) in [6.45, 7) is 2.28. The Labute approximate surface area is 92.6 Å². The number of aromatic carboxylic acids is 1. The maximum Gasteiger partial charge on any atom is 0.341 e. The molecule has 0 atom stereocenters. The Hall–Kier alpha value is -2.09. The first-order chi connectivity index (χ1) is 7.56. The fourth-order valence-corrected chi connectivity index (χ4v) is 1.40. The summed E-state index contributed by atoms with van der Waals surface area (Å²) in [5.41, 5.74) is -0.0166. The summed E-state index contributed by atoms with van der Waals surface area (Å²) in [5, 5.41) is 17.2. The van der Waals surface area contributed by atoms with Gasteiger partial charge in [0, 0.05) is 30.9 Å². The van der Waals surface area contributed by atoms with Gasteiger partial charge in [0.15, 0.2) is 5.43 Å². The lowest BCUT2D eigenvalue weighted by molar-refractivity contribution is 0.0694. The second-order valence-corrected chi connectivity index (χ2v) is 3.45. The Morgan fingerprint density at radius 2 is 2.31 bits per heavy atom. The average molecular weight is 220 g/mol. The maximum absolute atomic E-state index is 11.3. The highest BCUT2D eigenvalue weighted by Crippen LogP contribution is 2.02. The molecule has 0 unspecified atom stereocenters. The van der Waals surface area contributed by atoms with E-state index in [9.17, 15) is 9.59 Å². The summed E-state index contributed by atoms with van der Waals surface area (Å²) in [4.78, 5) is 22.1. The third kappa shape index (κ3) is 2.70. The third-order valence-electron chi connectivity index (χ3n) is 2.26. The first-order valence-electron chi connectivity index (χ1n) is 4.87. The van der Waals surface area contributed by atoms with E-state index in [2.05, 4.69) is 0 Å². The van der Waals surface area contributed by atoms with Crippen LogP contribution in [0.5, 0.6) is 0 Å². The molecule has 0 saturated heterocycles. The molecule has 0 aliphatic heterocycles. The standard InChI is InChI=1S/C11H12N2O3/c1-8-6-10(14)9(11(15)16)7-13(8)5-3-2-4-12/h6-7H,2-3,5H2,1H3,(H,15,16). The number of hydrogen-bond donors (Lipinski definition) is 1. The number of nitriles is 1. The van der Waals surface area contributed by atoms with Crippen LogP contribution in [0.2, 0.25) is 0 Å². The summed E-state index contributed by atoms with van der Waals surface area (Å²) < 4.78 is 1.68. The van der Waals surface area contributed by atoms with Crippen molar-refractivity contribution >= 4 is 5.97 Å². The van der Waals surface area contributed by atoms with Crippen molar-refractivity contribution in [2.45, 2.75) is 26.3 Å². The molecule has 84 valence electrons. The van der Waals surface area contributed by atoms with Crippen molar-refractivity contribution < 1.29 is 9.90 Å². The van der Waals surface area contributed by atoms with E-state index >= 15 is 0 Å². The van der Waals surface area contributed by atoms with Gasteiger partial charge in [0.1, 0.15) is 5.56 Å². The van der Waals surface area contributed by atoms with Crippen LogP contribution in [0.1, 0.15) is 28.9 Å². The van der Waals surface area contributed by atoms with Gasteiger partial charge in [0.05, 0.1) is 6.07 Å². The summed E-state index contributed by atoms with van der Waals surface area (Å²) in [7, 11) is 0. The minimum Gasteiger partial charge on any atom is -0.477 e. The molecule has 1 rings (SSSR count). The zero-order valence-corrected chi connectivity index (χ0v) is 8.93. The molecule has 0 fully saturated rings. The molecular formula is C11H12N2O3. The molecule has 0 spiro atoms. The normalized spacial score (nSPS) is 9.75. The van der Waals surface area contributed by atoms with Crippen molar-refractivity contribution in [1.82, 2.24) is 4.57 Å². The second kappa shape index (κ2) is 5.12. The Kier molecular flexibility index (Phi) is 3.84. The molecule has 5 nitrogen and oxygen atoms in total. The Morgan fingerprint density at radius 3 is 2.88 bits per heavy atom. The topological polar surface area (TPSA) is 83.1 Å². The molecule has 5 heteroatoms. The minimum absolute atomic E-state index is 0.234. The smallest absolute Gasteiger partial charge is 0.341 e. The number of unbranched alkanes of at least 4 members (excludes halogenated alkanes) is 1. The van der Waals surface area contributed by atoms with Crippen LogP contribution in [0, 0.1) is 18.3 Å². The van der Waals surface area contributed by atoms with Crippen molar-refractivity contribution in [3.05, 3.63) is 33.7 Å². The van der Waals surface area contributed by atoms with Gasteiger partial charge in [-0.15, -0.1) is 0 Å². The van der Waals surface area contributed by atoms with Gasteiger partial charge >= 0.3 is 5.97 Å². The van der Waals surface area contributed by atoms with Crippen LogP contribution in [0.4, 0.5) is 0 Å². The predicted octanol–water partition coefficient (Wildman–Crippen LogP) is 1.16. The van der Waals surface area contributed by atoms with E-state index < -0.39 is 11.4 Å². The van der Waals surface area contributed by atoms with Gasteiger partial charge in [-0.1, -0.05) is 0 Å². The summed E-state index contributed by atoms with van der Waals surface area (Å²) >= 11 is 0. The SMILES string of the molecule is Cc1cc(=O)c(C(=O)O)cn1CCCC#N. The number of aromatic nitrogens is 1. The fraction of sp³-hybridized carbons (Fsp3) is 0.364. The summed E-state index contributed by atoms with van der Waals surface area (Å²) in [6, 6.07) is 3.32. The second-order valence-electron chi connectivity index (χ2n) is 3.45. The molecule has 0 aliphatic carbocycles. The van der Waals surface area contributed by atoms with Crippen LogP contribution in [0.25, 0.3) is 0 Å². The van der Waals surface area contributed by atoms with Gasteiger partial charge in [-0.3, -0.25) is 4.79 Å². The van der Waals surface area contributed by atoms with E-state index in [0.717, 1.165) is 0 Å². The van der Waals surface area contributed by atoms with E-state index in [1.54, 1.807) is 11.5 Å². The lowest BCUT2D eigenvalue weighted by Crippen LogP contribution is -2.19. The van der Waals surface area contributed by atoms with Crippen molar-refractivity contribution in [2.75, 3.05) is 0 Å². The van der Waals surface area contributed by atoms with Crippen LogP contribution in [-0.2, 0) is 6.54 Å². The van der Waals surface area contributed by atoms with E-state index in [4.69, 9.17) is 10.4 Å². The molecule has 16 heavy (non-hydrogen) atoms. The summed E-state index contributed by atoms with van der Waals surface area (Å²) in [6.07, 6.45) is 2.38. The third-order valence-corrected chi connectivity index (χ3v) is 2.26. The van der Waals surface area contributed by atoms with Crippen LogP contribution in [-0.4, -0.2) is 15.6 Å². The number of nitrogens with zero attached hydrogens (tertiary/aromatic N) is 2. The first-order valence-corrected chi connectivity index (χ1v) is 4.87. The zero-order valence-electron chi connectivity index (χ0n) is 8.93. The van der Waals surface area contributed by atoms with Crippen LogP contribution >= 0.6 is 0 Å². The molecule has 0 aromatic carbocycles. The molecule has 1 aromatic rings. The quantitative estimate of drug-likeness (QED) is 0.772. The molecular weight excluding hydrogens is 208 g/mol. The van der Waals surface area contributed by atoms with Crippen molar-refractivity contribution in [3.63, 3.8) is 0 Å². The highest BCUT2D eigenvalue weighted by Gasteiger charge is 2.10. The van der Waals surface area contributed by atoms with Crippen LogP contribution in [0.15, 0.2) is 17.1 Å². The lowest BCUT2D eigenvalue weighted by atomic mass is 10.2. The number of pyridine rings is 1. The lowest BCUT2D eigenvalue weighted by Gasteiger charge is -2.09. The largest absolute Gasteiger partial charge is 0.477 e. The minimum atomic E-state index is -1.22. The molecule has 1 aromatic heterocycles. The van der Waals surface area contributed by atoms with Crippen LogP contribution in [0.3, 0.4) is 0 Å². The molecule has 0 bridgehead atoms. The Balaban J connectivity index is 3.01. The molecule has 0 saturated carbocycles. The van der Waals surface area contributed by atoms with Crippen molar-refractivity contribution in [2.24, 2.45) is 0 Å². The Bertz CT molecular complexity index is 497. The highest BCUT2D eigenvalue weighted by molar-refractivity contribution is 5.87. The molecule has 1 heterocycles. The number of carboxylic acid groups (broad SMARTS) is 1. The van der Waals surface area contributed by atoms with Gasteiger partial charge in [-0.25, -0.2) is 4.79 Å². The number of carboxylic acids is 1. The summed E-state index contributed by atoms with van der Waals surface area (Å²) in [5.74, 6) is -1.22. The van der Waals surface area contributed by atoms with E-state index in [0.29, 0.717) is 25.1 Å². The first kappa shape index (κ1) is 12.0. The maximum atomic E-state index is 11.3. The van der Waals surface area contributed by atoms with E-state index in [1.165, 1.54) is 12.3 Å². The number of carbonyl (C=O) groups is 1. The highest BCUT2D eigenvalue weighted by atomic mass is 16.4. The number of aryl methyl sites for hydroxylation is 2. The van der Waals surface area contributed by atoms with E-state index in [-0.39, 0.29) is 5.56 Å². The monoisotopic (exact) mass is 220 g/mol. The average Bonchev–Trinajstić information content (AvgIpc) is 2.21. The van der Waals surface area contributed by atoms with Crippen molar-refractivity contribution in [1.29, 1.82) is 5.26 Å². The number of rotatable bonds is 4. The zero-order chi connectivity index (χ0) is 12.1. The van der Waals surface area contributed by atoms with Gasteiger partial charge in [0.2, 0.25) is 0 Å². The van der Waals surface area contributed by atoms with Crippen molar-refractivity contribution in [3.8, 4) is 6.07 Å². The molecule has 0 aliphatic rings. The van der Waals surface area contributed by atoms with Gasteiger partial charge in [-0.05, 0) is 13.3 Å². The molecule has 0 amide bonds. The Morgan fingerprint density at radius 1 is 1.62 bits per heavy atom. The molecule has 1 N–H and O–H groups in total. The predicted molar refractivity (Wildman–Crippen MR) is 57.2 cm³/mol. The van der Waals surface area contributed by atoms with Gasteiger partial charge in [0.25, 0.3) is 0 Å². The molecule has 0 radical (unpaired) electrons. The van der Waals surface area contributed by atoms with Gasteiger partial charge < -0.3 is 9.67 Å².